The van der Waals surface area contributed by atoms with E-state index in [0.29, 0.717) is 12.6 Å². The summed E-state index contributed by atoms with van der Waals surface area (Å²) in [6.07, 6.45) is 0.852. The number of amides is 1. The van der Waals surface area contributed by atoms with Crippen molar-refractivity contribution in [2.24, 2.45) is 0 Å². The molecule has 0 saturated carbocycles. The van der Waals surface area contributed by atoms with Crippen LogP contribution in [0.15, 0.2) is 48.5 Å². The lowest BCUT2D eigenvalue weighted by atomic mass is 10.0. The van der Waals surface area contributed by atoms with Crippen LogP contribution in [0.5, 0.6) is 0 Å². The molecule has 0 bridgehead atoms. The third-order valence-corrected chi connectivity index (χ3v) is 5.30. The molecule has 0 aliphatic carbocycles. The number of halogens is 1. The van der Waals surface area contributed by atoms with E-state index in [1.165, 1.54) is 23.3 Å². The second-order valence-corrected chi connectivity index (χ2v) is 7.15. The molecule has 1 saturated heterocycles. The summed E-state index contributed by atoms with van der Waals surface area (Å²) in [6, 6.07) is 15.8. The third-order valence-electron chi connectivity index (χ3n) is 5.30. The predicted octanol–water partition coefficient (Wildman–Crippen LogP) is 3.39. The molecule has 1 atom stereocenters. The minimum atomic E-state index is -0.188. The summed E-state index contributed by atoms with van der Waals surface area (Å²) in [4.78, 5) is 15.7. The van der Waals surface area contributed by atoms with Crippen LogP contribution < -0.4 is 10.2 Å². The van der Waals surface area contributed by atoms with Crippen LogP contribution in [0.3, 0.4) is 0 Å². The molecule has 2 aromatic carbocycles. The Kier molecular flexibility index (Phi) is 6.45. The van der Waals surface area contributed by atoms with Crippen LogP contribution in [0.4, 0.5) is 10.1 Å². The maximum Gasteiger partial charge on any atom is 0.216 e. The van der Waals surface area contributed by atoms with Gasteiger partial charge in [-0.1, -0.05) is 24.3 Å². The Balaban J connectivity index is 1.52. The van der Waals surface area contributed by atoms with Crippen molar-refractivity contribution in [3.63, 3.8) is 0 Å². The van der Waals surface area contributed by atoms with Gasteiger partial charge >= 0.3 is 0 Å². The predicted molar refractivity (Wildman–Crippen MR) is 107 cm³/mol. The molecule has 1 fully saturated rings. The van der Waals surface area contributed by atoms with Crippen molar-refractivity contribution in [3.8, 4) is 0 Å². The molecule has 0 spiro atoms. The number of piperazine rings is 1. The van der Waals surface area contributed by atoms with Crippen molar-refractivity contribution in [3.05, 3.63) is 65.5 Å². The maximum absolute atomic E-state index is 13.1. The molecule has 1 heterocycles. The van der Waals surface area contributed by atoms with Gasteiger partial charge in [0, 0.05) is 51.4 Å². The fourth-order valence-electron chi connectivity index (χ4n) is 3.58. The van der Waals surface area contributed by atoms with Crippen LogP contribution in [0.25, 0.3) is 0 Å². The molecular weight excluding hydrogens is 341 g/mol. The van der Waals surface area contributed by atoms with Gasteiger partial charge in [0.1, 0.15) is 5.82 Å². The van der Waals surface area contributed by atoms with Gasteiger partial charge in [-0.15, -0.1) is 0 Å². The van der Waals surface area contributed by atoms with Gasteiger partial charge in [-0.2, -0.15) is 0 Å². The lowest BCUT2D eigenvalue weighted by molar-refractivity contribution is -0.118. The van der Waals surface area contributed by atoms with Gasteiger partial charge in [-0.05, 0) is 48.7 Å². The summed E-state index contributed by atoms with van der Waals surface area (Å²) in [5.41, 5.74) is 3.64. The van der Waals surface area contributed by atoms with Crippen LogP contribution in [0.1, 0.15) is 31.0 Å². The Morgan fingerprint density at radius 3 is 2.26 bits per heavy atom. The van der Waals surface area contributed by atoms with Gasteiger partial charge < -0.3 is 10.2 Å². The number of rotatable bonds is 6. The molecular formula is C22H28FN3O. The standard InChI is InChI=1S/C22H28FN3O/c1-17(20-5-3-19(4-6-20)11-12-24-18(2)27)25-13-15-26(16-14-25)22-9-7-21(23)8-10-22/h3-10,17H,11-16H2,1-2H3,(H,24,27). The van der Waals surface area contributed by atoms with Crippen molar-refractivity contribution in [1.82, 2.24) is 10.2 Å². The average molecular weight is 369 g/mol. The van der Waals surface area contributed by atoms with Crippen molar-refractivity contribution < 1.29 is 9.18 Å². The molecule has 4 nitrogen and oxygen atoms in total. The van der Waals surface area contributed by atoms with E-state index in [1.54, 1.807) is 6.92 Å². The van der Waals surface area contributed by atoms with Gasteiger partial charge in [0.15, 0.2) is 0 Å². The van der Waals surface area contributed by atoms with Crippen LogP contribution in [0.2, 0.25) is 0 Å². The highest BCUT2D eigenvalue weighted by molar-refractivity contribution is 5.72. The fourth-order valence-corrected chi connectivity index (χ4v) is 3.58. The van der Waals surface area contributed by atoms with E-state index in [-0.39, 0.29) is 11.7 Å². The summed E-state index contributed by atoms with van der Waals surface area (Å²) < 4.78 is 13.1. The molecule has 5 heteroatoms. The zero-order chi connectivity index (χ0) is 19.2. The SMILES string of the molecule is CC(=O)NCCc1ccc(C(C)N2CCN(c3ccc(F)cc3)CC2)cc1. The monoisotopic (exact) mass is 369 g/mol. The smallest absolute Gasteiger partial charge is 0.216 e. The number of carbonyl (C=O) groups is 1. The highest BCUT2D eigenvalue weighted by Gasteiger charge is 2.22. The van der Waals surface area contributed by atoms with Crippen LogP contribution in [-0.4, -0.2) is 43.5 Å². The minimum absolute atomic E-state index is 0.0139. The van der Waals surface area contributed by atoms with Crippen molar-refractivity contribution in [2.75, 3.05) is 37.6 Å². The van der Waals surface area contributed by atoms with E-state index in [0.717, 1.165) is 38.3 Å². The molecule has 3 rings (SSSR count). The number of nitrogens with zero attached hydrogens (tertiary/aromatic N) is 2. The Morgan fingerprint density at radius 1 is 1.04 bits per heavy atom. The highest BCUT2D eigenvalue weighted by atomic mass is 19.1. The lowest BCUT2D eigenvalue weighted by Gasteiger charge is -2.39. The number of hydrogen-bond donors (Lipinski definition) is 1. The molecule has 1 aliphatic rings. The van der Waals surface area contributed by atoms with Gasteiger partial charge in [-0.25, -0.2) is 4.39 Å². The largest absolute Gasteiger partial charge is 0.369 e. The first-order valence-corrected chi connectivity index (χ1v) is 9.61. The third kappa shape index (κ3) is 5.30. The minimum Gasteiger partial charge on any atom is -0.369 e. The summed E-state index contributed by atoms with van der Waals surface area (Å²) in [7, 11) is 0. The molecule has 27 heavy (non-hydrogen) atoms. The molecule has 1 aliphatic heterocycles. The second kappa shape index (κ2) is 9.00. The summed E-state index contributed by atoms with van der Waals surface area (Å²) >= 11 is 0. The average Bonchev–Trinajstić information content (AvgIpc) is 2.68. The van der Waals surface area contributed by atoms with E-state index < -0.39 is 0 Å². The first-order chi connectivity index (χ1) is 13.0. The van der Waals surface area contributed by atoms with Crippen molar-refractivity contribution >= 4 is 11.6 Å². The maximum atomic E-state index is 13.1. The van der Waals surface area contributed by atoms with Crippen molar-refractivity contribution in [1.29, 1.82) is 0 Å². The van der Waals surface area contributed by atoms with Gasteiger partial charge in [0.25, 0.3) is 0 Å². The molecule has 1 amide bonds. The topological polar surface area (TPSA) is 35.6 Å². The molecule has 2 aromatic rings. The summed E-state index contributed by atoms with van der Waals surface area (Å²) in [6.45, 7) is 8.34. The van der Waals surface area contributed by atoms with E-state index in [1.807, 2.05) is 12.1 Å². The Hall–Kier alpha value is -2.40. The summed E-state index contributed by atoms with van der Waals surface area (Å²) in [5, 5.41) is 2.83. The van der Waals surface area contributed by atoms with E-state index >= 15 is 0 Å². The van der Waals surface area contributed by atoms with Gasteiger partial charge in [0.2, 0.25) is 5.91 Å². The van der Waals surface area contributed by atoms with E-state index in [9.17, 15) is 9.18 Å². The number of benzene rings is 2. The highest BCUT2D eigenvalue weighted by Crippen LogP contribution is 2.24. The normalized spacial score (nSPS) is 16.2. The molecule has 1 N–H and O–H groups in total. The van der Waals surface area contributed by atoms with Crippen LogP contribution in [-0.2, 0) is 11.2 Å². The first kappa shape index (κ1) is 19.4. The second-order valence-electron chi connectivity index (χ2n) is 7.15. The number of anilines is 1. The van der Waals surface area contributed by atoms with Crippen molar-refractivity contribution in [2.45, 2.75) is 26.3 Å². The Labute approximate surface area is 161 Å². The first-order valence-electron chi connectivity index (χ1n) is 9.61. The number of hydrogen-bond acceptors (Lipinski definition) is 3. The quantitative estimate of drug-likeness (QED) is 0.848. The Bertz CT molecular complexity index is 737. The van der Waals surface area contributed by atoms with Crippen LogP contribution >= 0.6 is 0 Å². The zero-order valence-electron chi connectivity index (χ0n) is 16.1. The molecule has 0 radical (unpaired) electrons. The van der Waals surface area contributed by atoms with E-state index in [2.05, 4.69) is 46.3 Å². The van der Waals surface area contributed by atoms with E-state index in [4.69, 9.17) is 0 Å². The fraction of sp³-hybridized carbons (Fsp3) is 0.409. The number of nitrogens with one attached hydrogen (secondary N) is 1. The van der Waals surface area contributed by atoms with Crippen LogP contribution in [0, 0.1) is 5.82 Å². The summed E-state index contributed by atoms with van der Waals surface area (Å²) in [5.74, 6) is -0.174. The molecule has 0 aromatic heterocycles. The van der Waals surface area contributed by atoms with Gasteiger partial charge in [-0.3, -0.25) is 9.69 Å². The molecule has 1 unspecified atom stereocenters. The zero-order valence-corrected chi connectivity index (χ0v) is 16.1. The number of carbonyl (C=O) groups excluding carboxylic acids is 1. The van der Waals surface area contributed by atoms with Gasteiger partial charge in [0.05, 0.1) is 0 Å². The molecule has 144 valence electrons. The lowest BCUT2D eigenvalue weighted by Crippen LogP contribution is -2.47. The Morgan fingerprint density at radius 2 is 1.67 bits per heavy atom.